The summed E-state index contributed by atoms with van der Waals surface area (Å²) >= 11 is 6.55. The van der Waals surface area contributed by atoms with Gasteiger partial charge in [-0.3, -0.25) is 0 Å². The summed E-state index contributed by atoms with van der Waals surface area (Å²) in [5, 5.41) is 24.1. The van der Waals surface area contributed by atoms with Crippen molar-refractivity contribution in [1.82, 2.24) is 30.2 Å². The molecule has 6 atom stereocenters. The van der Waals surface area contributed by atoms with Gasteiger partial charge in [-0.15, -0.1) is 20.3 Å². The fourth-order valence-corrected chi connectivity index (χ4v) is 6.97. The monoisotopic (exact) mass is 797 g/mol. The number of rotatable bonds is 19. The molecule has 18 nitrogen and oxygen atoms in total. The Morgan fingerprint density at radius 2 is 1.75 bits per heavy atom. The Kier molecular flexibility index (Phi) is 13.8. The quantitative estimate of drug-likeness (QED) is 0.0393. The van der Waals surface area contributed by atoms with Gasteiger partial charge in [0.25, 0.3) is 5.09 Å². The highest BCUT2D eigenvalue weighted by Gasteiger charge is 2.50. The molecule has 4 heterocycles. The minimum Gasteiger partial charge on any atom is -0.426 e. The second kappa shape index (κ2) is 19.1. The lowest BCUT2D eigenvalue weighted by molar-refractivity contribution is -0.767. The van der Waals surface area contributed by atoms with Crippen LogP contribution in [0.25, 0.3) is 22.5 Å². The Morgan fingerprint density at radius 1 is 1.02 bits per heavy atom. The van der Waals surface area contributed by atoms with Crippen molar-refractivity contribution in [1.29, 1.82) is 0 Å². The van der Waals surface area contributed by atoms with Gasteiger partial charge in [-0.1, -0.05) is 73.5 Å². The summed E-state index contributed by atoms with van der Waals surface area (Å²) in [7, 11) is 0. The number of fused-ring (bicyclic) bond motifs is 1. The predicted molar refractivity (Wildman–Crippen MR) is 197 cm³/mol. The Hall–Kier alpha value is -5.17. The first-order valence-electron chi connectivity index (χ1n) is 18.5. The number of unbranched alkanes of at least 4 members (excludes halogenated alkanes) is 2. The number of carbonyl (C=O) groups is 2. The van der Waals surface area contributed by atoms with Crippen molar-refractivity contribution in [3.05, 3.63) is 80.9 Å². The van der Waals surface area contributed by atoms with Crippen molar-refractivity contribution in [3.63, 3.8) is 0 Å². The van der Waals surface area contributed by atoms with Crippen molar-refractivity contribution in [2.75, 3.05) is 19.8 Å². The van der Waals surface area contributed by atoms with Crippen molar-refractivity contribution in [2.45, 2.75) is 103 Å². The smallest absolute Gasteiger partial charge is 0.426 e. The second-order valence-corrected chi connectivity index (χ2v) is 13.8. The fourth-order valence-electron chi connectivity index (χ4n) is 6.69. The molecule has 6 rings (SSSR count). The van der Waals surface area contributed by atoms with Gasteiger partial charge in [0, 0.05) is 32.1 Å². The number of carbonyl (C=O) groups excluding carboxylic acids is 2. The molecule has 2 aromatic carbocycles. The third-order valence-corrected chi connectivity index (χ3v) is 9.68. The van der Waals surface area contributed by atoms with Crippen molar-refractivity contribution in [2.24, 2.45) is 0 Å². The van der Waals surface area contributed by atoms with Gasteiger partial charge in [-0.05, 0) is 54.5 Å². The second-order valence-electron chi connectivity index (χ2n) is 13.5. The maximum atomic E-state index is 13.6. The van der Waals surface area contributed by atoms with Crippen LogP contribution in [-0.4, -0.2) is 104 Å². The van der Waals surface area contributed by atoms with E-state index < -0.39 is 47.9 Å². The van der Waals surface area contributed by atoms with Crippen LogP contribution in [0, 0.1) is 10.1 Å². The van der Waals surface area contributed by atoms with Gasteiger partial charge in [0.05, 0.1) is 13.2 Å². The first kappa shape index (κ1) is 40.5. The lowest BCUT2D eigenvalue weighted by Gasteiger charge is -2.19. The molecule has 2 saturated heterocycles. The molecule has 2 aliphatic rings. The number of tetrazole rings is 1. The van der Waals surface area contributed by atoms with Gasteiger partial charge >= 0.3 is 12.1 Å². The number of nitrogens with zero attached hydrogens (tertiary/aromatic N) is 6. The Morgan fingerprint density at radius 3 is 2.46 bits per heavy atom. The molecule has 4 aromatic rings. The van der Waals surface area contributed by atoms with Crippen LogP contribution >= 0.6 is 11.6 Å². The minimum atomic E-state index is -1.33. The molecule has 0 saturated carbocycles. The maximum absolute atomic E-state index is 13.6. The van der Waals surface area contributed by atoms with E-state index in [0.29, 0.717) is 43.9 Å². The highest BCUT2D eigenvalue weighted by Crippen LogP contribution is 2.32. The lowest BCUT2D eigenvalue weighted by atomic mass is 9.98. The number of imidazole rings is 1. The third kappa shape index (κ3) is 10.2. The van der Waals surface area contributed by atoms with E-state index in [0.717, 1.165) is 35.1 Å². The number of aromatic nitrogens is 6. The van der Waals surface area contributed by atoms with Gasteiger partial charge in [0.2, 0.25) is 12.1 Å². The number of hydrogen-bond donors (Lipinski definition) is 1. The number of nitrogens with one attached hydrogen (secondary N) is 1. The minimum absolute atomic E-state index is 0.0238. The van der Waals surface area contributed by atoms with Gasteiger partial charge < -0.3 is 37.8 Å². The average molecular weight is 798 g/mol. The topological polar surface area (TPSA) is 214 Å². The molecule has 0 bridgehead atoms. The van der Waals surface area contributed by atoms with E-state index in [9.17, 15) is 19.7 Å². The summed E-state index contributed by atoms with van der Waals surface area (Å²) in [4.78, 5) is 45.8. The molecule has 0 spiro atoms. The summed E-state index contributed by atoms with van der Waals surface area (Å²) in [6.07, 6.45) is -0.859. The number of hydrogen-bond acceptors (Lipinski definition) is 15. The number of ether oxygens (including phenoxy) is 6. The zero-order valence-electron chi connectivity index (χ0n) is 31.2. The van der Waals surface area contributed by atoms with E-state index in [1.54, 1.807) is 11.5 Å². The van der Waals surface area contributed by atoms with Crippen LogP contribution in [0.15, 0.2) is 48.5 Å². The predicted octanol–water partition coefficient (Wildman–Crippen LogP) is 5.75. The third-order valence-electron chi connectivity index (χ3n) is 9.42. The molecule has 1 N–H and O–H groups in total. The van der Waals surface area contributed by atoms with Gasteiger partial charge in [-0.2, -0.15) is 5.21 Å². The van der Waals surface area contributed by atoms with E-state index >= 15 is 0 Å². The summed E-state index contributed by atoms with van der Waals surface area (Å²) in [6.45, 7) is 6.08. The fraction of sp³-hybridized carbons (Fsp3) is 0.514. The Labute approximate surface area is 327 Å². The van der Waals surface area contributed by atoms with E-state index in [-0.39, 0.29) is 36.7 Å². The zero-order chi connectivity index (χ0) is 39.6. The van der Waals surface area contributed by atoms with Crippen molar-refractivity contribution in [3.8, 4) is 22.5 Å². The zero-order valence-corrected chi connectivity index (χ0v) is 32.0. The van der Waals surface area contributed by atoms with Crippen LogP contribution in [0.5, 0.6) is 0 Å². The molecule has 300 valence electrons. The molecule has 0 aliphatic carbocycles. The molecule has 0 radical (unpaired) electrons. The molecular formula is C37H44ClN7O11. The Balaban J connectivity index is 1.02. The SMILES string of the molecule is CCCCc1nc(Cl)c(C(=O)OC(C)OC(=O)O[C@H]2COC3C2OC[C@H]3OCCCC[C@@H](C)O[N+](=O)[O-])n1Cc1ccc(-c2ccccc2-c2nn[nH]n2)cc1. The molecule has 19 heteroatoms. The normalized spacial score (nSPS) is 19.9. The highest BCUT2D eigenvalue weighted by molar-refractivity contribution is 6.32. The molecule has 3 unspecified atom stereocenters. The number of halogens is 1. The standard InChI is InChI=1S/C37H44ClN7O11/c1-4-5-13-30-39-34(38)31(44(30)19-24-14-16-25(17-15-24)26-11-6-7-12-27(26)35-40-42-43-41-35)36(46)53-23(3)54-37(47)55-29-21-52-32-28(20-51-33(29)32)50-18-9-8-10-22(2)56-45(48)49/h6-7,11-12,14-17,22-23,28-29,32-33H,4-5,8-10,13,18-21H2,1-3H3,(H,40,41,42,43)/t22-,23?,28-,29+,32?,33?/m1/s1. The van der Waals surface area contributed by atoms with Crippen molar-refractivity contribution >= 4 is 23.7 Å². The summed E-state index contributed by atoms with van der Waals surface area (Å²) in [6, 6.07) is 15.6. The number of benzene rings is 2. The Bertz CT molecular complexity index is 1930. The average Bonchev–Trinajstić information content (AvgIpc) is 3.98. The maximum Gasteiger partial charge on any atom is 0.511 e. The lowest BCUT2D eigenvalue weighted by Crippen LogP contribution is -2.36. The number of H-pyrrole nitrogens is 1. The highest BCUT2D eigenvalue weighted by atomic mass is 35.5. The van der Waals surface area contributed by atoms with Gasteiger partial charge in [-0.25, -0.2) is 14.6 Å². The van der Waals surface area contributed by atoms with Crippen LogP contribution in [0.3, 0.4) is 0 Å². The van der Waals surface area contributed by atoms with Gasteiger partial charge in [0.15, 0.2) is 17.0 Å². The van der Waals surface area contributed by atoms with E-state index in [4.69, 9.17) is 40.0 Å². The largest absolute Gasteiger partial charge is 0.511 e. The number of aryl methyl sites for hydroxylation is 1. The molecule has 2 fully saturated rings. The molecule has 2 aliphatic heterocycles. The number of aromatic amines is 1. The first-order valence-corrected chi connectivity index (χ1v) is 18.9. The summed E-state index contributed by atoms with van der Waals surface area (Å²) < 4.78 is 35.6. The first-order chi connectivity index (χ1) is 27.1. The van der Waals surface area contributed by atoms with Crippen LogP contribution in [0.1, 0.15) is 74.8 Å². The van der Waals surface area contributed by atoms with Crippen LogP contribution in [0.2, 0.25) is 5.15 Å². The van der Waals surface area contributed by atoms with Crippen LogP contribution in [-0.2, 0) is 46.2 Å². The molecule has 0 amide bonds. The van der Waals surface area contributed by atoms with E-state index in [2.05, 4.69) is 37.4 Å². The van der Waals surface area contributed by atoms with Crippen LogP contribution in [0.4, 0.5) is 4.79 Å². The van der Waals surface area contributed by atoms with Crippen LogP contribution < -0.4 is 0 Å². The van der Waals surface area contributed by atoms with Gasteiger partial charge in [0.1, 0.15) is 30.2 Å². The summed E-state index contributed by atoms with van der Waals surface area (Å²) in [5.41, 5.74) is 3.61. The number of esters is 1. The summed E-state index contributed by atoms with van der Waals surface area (Å²) in [5.74, 6) is 0.284. The molecule has 2 aromatic heterocycles. The molecule has 56 heavy (non-hydrogen) atoms. The molecular weight excluding hydrogens is 754 g/mol. The van der Waals surface area contributed by atoms with E-state index in [1.807, 2.05) is 48.5 Å². The van der Waals surface area contributed by atoms with Crippen molar-refractivity contribution < 1.29 is 47.9 Å². The van der Waals surface area contributed by atoms with E-state index in [1.165, 1.54) is 6.92 Å².